The predicted octanol–water partition coefficient (Wildman–Crippen LogP) is 0.997. The van der Waals surface area contributed by atoms with Crippen LogP contribution in [0, 0.1) is 0 Å². The maximum atomic E-state index is 12.1. The molecule has 1 amide bonds. The first-order chi connectivity index (χ1) is 9.51. The molecule has 5 nitrogen and oxygen atoms in total. The number of nitrogens with two attached hydrogens (primary N) is 1. The Morgan fingerprint density at radius 2 is 2.00 bits per heavy atom. The van der Waals surface area contributed by atoms with Crippen molar-refractivity contribution in [3.8, 4) is 0 Å². The molecular formula is C14H19ClN2O3. The van der Waals surface area contributed by atoms with Crippen LogP contribution < -0.4 is 11.1 Å². The van der Waals surface area contributed by atoms with Gasteiger partial charge in [0.05, 0.1) is 11.6 Å². The van der Waals surface area contributed by atoms with E-state index in [4.69, 9.17) is 22.1 Å². The number of nitrogens with one attached hydrogen (secondary N) is 1. The van der Waals surface area contributed by atoms with Crippen molar-refractivity contribution in [2.75, 3.05) is 19.8 Å². The molecule has 0 aromatic heterocycles. The summed E-state index contributed by atoms with van der Waals surface area (Å²) >= 11 is 5.78. The number of carbonyl (C=O) groups is 1. The maximum absolute atomic E-state index is 12.1. The Bertz CT molecular complexity index is 458. The Balaban J connectivity index is 1.88. The standard InChI is InChI=1S/C14H19ClN2O3/c15-11-3-1-10(2-4-11)12(18)9-17-13(19)14(16)5-7-20-8-6-14/h1-4,12,18H,5-9,16H2,(H,17,19). The Morgan fingerprint density at radius 1 is 1.40 bits per heavy atom. The van der Waals surface area contributed by atoms with E-state index < -0.39 is 11.6 Å². The summed E-state index contributed by atoms with van der Waals surface area (Å²) in [5, 5.41) is 13.3. The number of aliphatic hydroxyl groups excluding tert-OH is 1. The Hall–Kier alpha value is -1.14. The Kier molecular flexibility index (Phi) is 4.99. The molecule has 20 heavy (non-hydrogen) atoms. The highest BCUT2D eigenvalue weighted by Crippen LogP contribution is 2.19. The number of aliphatic hydroxyl groups is 1. The number of hydrogen-bond donors (Lipinski definition) is 3. The minimum Gasteiger partial charge on any atom is -0.387 e. The number of carbonyl (C=O) groups excluding carboxylic acids is 1. The summed E-state index contributed by atoms with van der Waals surface area (Å²) in [4.78, 5) is 12.1. The van der Waals surface area contributed by atoms with Crippen LogP contribution in [-0.2, 0) is 9.53 Å². The molecule has 1 saturated heterocycles. The molecule has 4 N–H and O–H groups in total. The van der Waals surface area contributed by atoms with E-state index in [9.17, 15) is 9.90 Å². The SMILES string of the molecule is NC1(C(=O)NCC(O)c2ccc(Cl)cc2)CCOCC1. The van der Waals surface area contributed by atoms with Crippen molar-refractivity contribution in [2.24, 2.45) is 5.73 Å². The molecule has 2 rings (SSSR count). The van der Waals surface area contributed by atoms with E-state index >= 15 is 0 Å². The van der Waals surface area contributed by atoms with Gasteiger partial charge in [-0.3, -0.25) is 4.79 Å². The summed E-state index contributed by atoms with van der Waals surface area (Å²) < 4.78 is 5.20. The molecule has 0 spiro atoms. The van der Waals surface area contributed by atoms with Crippen molar-refractivity contribution in [1.82, 2.24) is 5.32 Å². The van der Waals surface area contributed by atoms with Gasteiger partial charge in [-0.25, -0.2) is 0 Å². The zero-order chi connectivity index (χ0) is 14.6. The topological polar surface area (TPSA) is 84.6 Å². The van der Waals surface area contributed by atoms with Gasteiger partial charge in [-0.05, 0) is 30.5 Å². The van der Waals surface area contributed by atoms with Gasteiger partial charge in [0.2, 0.25) is 5.91 Å². The normalized spacial score (nSPS) is 19.4. The molecule has 1 aliphatic heterocycles. The number of ether oxygens (including phenoxy) is 1. The minimum atomic E-state index is -0.891. The van der Waals surface area contributed by atoms with E-state index in [0.29, 0.717) is 36.6 Å². The fraction of sp³-hybridized carbons (Fsp3) is 0.500. The van der Waals surface area contributed by atoms with Gasteiger partial charge in [0.25, 0.3) is 0 Å². The van der Waals surface area contributed by atoms with Crippen LogP contribution >= 0.6 is 11.6 Å². The van der Waals surface area contributed by atoms with Crippen molar-refractivity contribution >= 4 is 17.5 Å². The van der Waals surface area contributed by atoms with Gasteiger partial charge < -0.3 is 20.9 Å². The molecule has 0 aliphatic carbocycles. The number of rotatable bonds is 4. The fourth-order valence-corrected chi connectivity index (χ4v) is 2.26. The van der Waals surface area contributed by atoms with Crippen molar-refractivity contribution < 1.29 is 14.6 Å². The quantitative estimate of drug-likeness (QED) is 0.774. The van der Waals surface area contributed by atoms with Gasteiger partial charge in [-0.1, -0.05) is 23.7 Å². The van der Waals surface area contributed by atoms with Gasteiger partial charge >= 0.3 is 0 Å². The second-order valence-electron chi connectivity index (χ2n) is 5.05. The summed E-state index contributed by atoms with van der Waals surface area (Å²) in [6.07, 6.45) is 0.214. The first kappa shape index (κ1) is 15.3. The molecule has 1 aliphatic rings. The predicted molar refractivity (Wildman–Crippen MR) is 76.4 cm³/mol. The second-order valence-corrected chi connectivity index (χ2v) is 5.48. The molecule has 110 valence electrons. The third kappa shape index (κ3) is 3.70. The second kappa shape index (κ2) is 6.54. The lowest BCUT2D eigenvalue weighted by molar-refractivity contribution is -0.130. The first-order valence-corrected chi connectivity index (χ1v) is 6.97. The van der Waals surface area contributed by atoms with E-state index in [1.54, 1.807) is 24.3 Å². The van der Waals surface area contributed by atoms with Gasteiger partial charge in [0, 0.05) is 24.8 Å². The highest BCUT2D eigenvalue weighted by molar-refractivity contribution is 6.30. The van der Waals surface area contributed by atoms with Crippen molar-refractivity contribution in [2.45, 2.75) is 24.5 Å². The van der Waals surface area contributed by atoms with E-state index in [2.05, 4.69) is 5.32 Å². The summed E-state index contributed by atoms with van der Waals surface area (Å²) in [5.41, 5.74) is 5.87. The number of benzene rings is 1. The zero-order valence-corrected chi connectivity index (χ0v) is 11.9. The molecule has 6 heteroatoms. The Morgan fingerprint density at radius 3 is 2.60 bits per heavy atom. The molecule has 1 aromatic rings. The van der Waals surface area contributed by atoms with Crippen LogP contribution in [0.25, 0.3) is 0 Å². The molecule has 1 aromatic carbocycles. The average molecular weight is 299 g/mol. The summed E-state index contributed by atoms with van der Waals surface area (Å²) in [7, 11) is 0. The lowest BCUT2D eigenvalue weighted by Crippen LogP contribution is -2.57. The number of halogens is 1. The molecular weight excluding hydrogens is 280 g/mol. The van der Waals surface area contributed by atoms with Crippen LogP contribution in [0.3, 0.4) is 0 Å². The highest BCUT2D eigenvalue weighted by Gasteiger charge is 2.35. The van der Waals surface area contributed by atoms with E-state index in [-0.39, 0.29) is 12.5 Å². The summed E-state index contributed by atoms with van der Waals surface area (Å²) in [5.74, 6) is -0.242. The zero-order valence-electron chi connectivity index (χ0n) is 11.1. The van der Waals surface area contributed by atoms with Crippen LogP contribution in [0.2, 0.25) is 5.02 Å². The van der Waals surface area contributed by atoms with Gasteiger partial charge in [-0.2, -0.15) is 0 Å². The molecule has 0 bridgehead atoms. The van der Waals surface area contributed by atoms with E-state index in [1.165, 1.54) is 0 Å². The monoisotopic (exact) mass is 298 g/mol. The molecule has 1 atom stereocenters. The lowest BCUT2D eigenvalue weighted by Gasteiger charge is -2.32. The number of amides is 1. The lowest BCUT2D eigenvalue weighted by atomic mass is 9.90. The van der Waals surface area contributed by atoms with Crippen molar-refractivity contribution in [3.63, 3.8) is 0 Å². The molecule has 0 saturated carbocycles. The average Bonchev–Trinajstić information content (AvgIpc) is 2.46. The molecule has 1 fully saturated rings. The van der Waals surface area contributed by atoms with E-state index in [1.807, 2.05) is 0 Å². The highest BCUT2D eigenvalue weighted by atomic mass is 35.5. The Labute approximate surface area is 123 Å². The van der Waals surface area contributed by atoms with Crippen molar-refractivity contribution in [3.05, 3.63) is 34.9 Å². The van der Waals surface area contributed by atoms with Gasteiger partial charge in [0.15, 0.2) is 0 Å². The van der Waals surface area contributed by atoms with Crippen LogP contribution in [0.1, 0.15) is 24.5 Å². The van der Waals surface area contributed by atoms with Gasteiger partial charge in [0.1, 0.15) is 0 Å². The van der Waals surface area contributed by atoms with Crippen LogP contribution in [-0.4, -0.2) is 36.3 Å². The molecule has 0 radical (unpaired) electrons. The van der Waals surface area contributed by atoms with E-state index in [0.717, 1.165) is 0 Å². The fourth-order valence-electron chi connectivity index (χ4n) is 2.13. The maximum Gasteiger partial charge on any atom is 0.240 e. The largest absolute Gasteiger partial charge is 0.387 e. The molecule has 1 unspecified atom stereocenters. The van der Waals surface area contributed by atoms with Gasteiger partial charge in [-0.15, -0.1) is 0 Å². The number of hydrogen-bond acceptors (Lipinski definition) is 4. The smallest absolute Gasteiger partial charge is 0.240 e. The van der Waals surface area contributed by atoms with Crippen molar-refractivity contribution in [1.29, 1.82) is 0 Å². The summed E-state index contributed by atoms with van der Waals surface area (Å²) in [6.45, 7) is 1.10. The van der Waals surface area contributed by atoms with Crippen LogP contribution in [0.5, 0.6) is 0 Å². The van der Waals surface area contributed by atoms with Crippen LogP contribution in [0.4, 0.5) is 0 Å². The summed E-state index contributed by atoms with van der Waals surface area (Å²) in [6, 6.07) is 6.85. The first-order valence-electron chi connectivity index (χ1n) is 6.60. The molecule has 1 heterocycles. The third-order valence-electron chi connectivity index (χ3n) is 3.55. The van der Waals surface area contributed by atoms with Crippen LogP contribution in [0.15, 0.2) is 24.3 Å². The minimum absolute atomic E-state index is 0.125. The third-order valence-corrected chi connectivity index (χ3v) is 3.80.